The van der Waals surface area contributed by atoms with Gasteiger partial charge in [0.05, 0.1) is 0 Å². The van der Waals surface area contributed by atoms with Gasteiger partial charge < -0.3 is 16.0 Å². The van der Waals surface area contributed by atoms with Crippen molar-refractivity contribution in [2.24, 2.45) is 11.7 Å². The van der Waals surface area contributed by atoms with Crippen LogP contribution in [0.3, 0.4) is 0 Å². The molecule has 1 aliphatic carbocycles. The number of nitrogens with zero attached hydrogens (tertiary/aromatic N) is 1. The maximum absolute atomic E-state index is 11.9. The molecule has 1 aliphatic rings. The molecule has 1 saturated carbocycles. The molecular formula is C15H23N3O. The average molecular weight is 261 g/mol. The molecule has 2 atom stereocenters. The fourth-order valence-electron chi connectivity index (χ4n) is 2.72. The molecule has 0 aromatic heterocycles. The molecule has 0 radical (unpaired) electrons. The first-order valence-corrected chi connectivity index (χ1v) is 6.90. The molecule has 2 unspecified atom stereocenters. The third-order valence-corrected chi connectivity index (χ3v) is 3.83. The second kappa shape index (κ2) is 6.06. The molecular weight excluding hydrogens is 238 g/mol. The lowest BCUT2D eigenvalue weighted by atomic mass is 10.0. The highest BCUT2D eigenvalue weighted by molar-refractivity contribution is 5.94. The number of hydrogen-bond donors (Lipinski definition) is 2. The van der Waals surface area contributed by atoms with Gasteiger partial charge in [-0.25, -0.2) is 0 Å². The molecule has 1 amide bonds. The van der Waals surface area contributed by atoms with Crippen LogP contribution in [0.25, 0.3) is 0 Å². The third-order valence-electron chi connectivity index (χ3n) is 3.83. The van der Waals surface area contributed by atoms with Gasteiger partial charge >= 0.3 is 0 Å². The summed E-state index contributed by atoms with van der Waals surface area (Å²) in [6.07, 6.45) is 3.59. The first kappa shape index (κ1) is 13.9. The van der Waals surface area contributed by atoms with Crippen LogP contribution in [0.2, 0.25) is 0 Å². The smallest absolute Gasteiger partial charge is 0.253 e. The molecule has 0 aliphatic heterocycles. The molecule has 0 saturated heterocycles. The zero-order valence-electron chi connectivity index (χ0n) is 11.7. The highest BCUT2D eigenvalue weighted by Crippen LogP contribution is 2.28. The predicted octanol–water partition coefficient (Wildman–Crippen LogP) is 1.93. The van der Waals surface area contributed by atoms with E-state index in [1.54, 1.807) is 19.0 Å². The number of nitrogens with one attached hydrogen (secondary N) is 1. The van der Waals surface area contributed by atoms with Crippen molar-refractivity contribution in [3.63, 3.8) is 0 Å². The lowest BCUT2D eigenvalue weighted by Gasteiger charge is -2.21. The molecule has 1 aromatic carbocycles. The Kier molecular flexibility index (Phi) is 4.43. The van der Waals surface area contributed by atoms with Crippen LogP contribution in [0.4, 0.5) is 5.69 Å². The number of carbonyl (C=O) groups is 1. The summed E-state index contributed by atoms with van der Waals surface area (Å²) in [5.41, 5.74) is 7.53. The Morgan fingerprint density at radius 2 is 2.21 bits per heavy atom. The van der Waals surface area contributed by atoms with Crippen LogP contribution < -0.4 is 11.1 Å². The van der Waals surface area contributed by atoms with Crippen molar-refractivity contribution in [1.29, 1.82) is 0 Å². The zero-order chi connectivity index (χ0) is 13.8. The molecule has 19 heavy (non-hydrogen) atoms. The minimum Gasteiger partial charge on any atom is -0.382 e. The summed E-state index contributed by atoms with van der Waals surface area (Å²) in [6, 6.07) is 8.15. The summed E-state index contributed by atoms with van der Waals surface area (Å²) in [6.45, 7) is 0.730. The largest absolute Gasteiger partial charge is 0.382 e. The third kappa shape index (κ3) is 3.26. The lowest BCUT2D eigenvalue weighted by molar-refractivity contribution is 0.0827. The number of anilines is 1. The number of nitrogens with two attached hydrogens (primary N) is 1. The molecule has 0 bridgehead atoms. The van der Waals surface area contributed by atoms with E-state index in [0.717, 1.165) is 24.2 Å². The van der Waals surface area contributed by atoms with Crippen LogP contribution >= 0.6 is 0 Å². The second-order valence-electron chi connectivity index (χ2n) is 5.46. The van der Waals surface area contributed by atoms with Crippen LogP contribution in [-0.4, -0.2) is 37.5 Å². The van der Waals surface area contributed by atoms with E-state index in [1.807, 2.05) is 24.3 Å². The molecule has 4 heteroatoms. The van der Waals surface area contributed by atoms with Crippen LogP contribution in [0.5, 0.6) is 0 Å². The van der Waals surface area contributed by atoms with E-state index >= 15 is 0 Å². The van der Waals surface area contributed by atoms with Crippen molar-refractivity contribution in [2.75, 3.05) is 26.0 Å². The number of amides is 1. The Hall–Kier alpha value is -1.55. The predicted molar refractivity (Wildman–Crippen MR) is 78.3 cm³/mol. The summed E-state index contributed by atoms with van der Waals surface area (Å²) >= 11 is 0. The van der Waals surface area contributed by atoms with Gasteiger partial charge in [0.1, 0.15) is 0 Å². The van der Waals surface area contributed by atoms with Crippen LogP contribution in [0.15, 0.2) is 24.3 Å². The van der Waals surface area contributed by atoms with Gasteiger partial charge in [0.25, 0.3) is 5.91 Å². The SMILES string of the molecule is CN(C)C(=O)c1cccc(NC2CCCC2CN)c1. The maximum atomic E-state index is 11.9. The molecule has 0 heterocycles. The zero-order valence-corrected chi connectivity index (χ0v) is 11.7. The maximum Gasteiger partial charge on any atom is 0.253 e. The summed E-state index contributed by atoms with van der Waals surface area (Å²) < 4.78 is 0. The highest BCUT2D eigenvalue weighted by Gasteiger charge is 2.25. The van der Waals surface area contributed by atoms with E-state index in [4.69, 9.17) is 5.73 Å². The fraction of sp³-hybridized carbons (Fsp3) is 0.533. The summed E-state index contributed by atoms with van der Waals surface area (Å²) in [4.78, 5) is 13.5. The van der Waals surface area contributed by atoms with Gasteiger partial charge in [-0.2, -0.15) is 0 Å². The van der Waals surface area contributed by atoms with Gasteiger partial charge in [0.15, 0.2) is 0 Å². The molecule has 3 N–H and O–H groups in total. The quantitative estimate of drug-likeness (QED) is 0.870. The first-order valence-electron chi connectivity index (χ1n) is 6.90. The minimum atomic E-state index is 0.0328. The standard InChI is InChI=1S/C15H23N3O/c1-18(2)15(19)11-5-3-7-13(9-11)17-14-8-4-6-12(14)10-16/h3,5,7,9,12,14,17H,4,6,8,10,16H2,1-2H3. The molecule has 4 nitrogen and oxygen atoms in total. The Labute approximate surface area is 115 Å². The van der Waals surface area contributed by atoms with Crippen molar-refractivity contribution in [3.8, 4) is 0 Å². The Morgan fingerprint density at radius 3 is 2.89 bits per heavy atom. The summed E-state index contributed by atoms with van der Waals surface area (Å²) in [5, 5.41) is 3.53. The molecule has 2 rings (SSSR count). The normalized spacial score (nSPS) is 22.3. The lowest BCUT2D eigenvalue weighted by Crippen LogP contribution is -2.29. The van der Waals surface area contributed by atoms with E-state index in [1.165, 1.54) is 12.8 Å². The van der Waals surface area contributed by atoms with Gasteiger partial charge in [-0.05, 0) is 43.5 Å². The number of carbonyl (C=O) groups excluding carboxylic acids is 1. The average Bonchev–Trinajstić information content (AvgIpc) is 2.85. The summed E-state index contributed by atoms with van der Waals surface area (Å²) in [7, 11) is 3.54. The van der Waals surface area contributed by atoms with Gasteiger partial charge in [-0.1, -0.05) is 12.5 Å². The molecule has 104 valence electrons. The second-order valence-corrected chi connectivity index (χ2v) is 5.46. The van der Waals surface area contributed by atoms with E-state index in [9.17, 15) is 4.79 Å². The number of hydrogen-bond acceptors (Lipinski definition) is 3. The molecule has 1 aromatic rings. The van der Waals surface area contributed by atoms with Gasteiger partial charge in [-0.3, -0.25) is 4.79 Å². The number of rotatable bonds is 4. The Bertz CT molecular complexity index is 445. The van der Waals surface area contributed by atoms with Crippen LogP contribution in [0, 0.1) is 5.92 Å². The first-order chi connectivity index (χ1) is 9.11. The van der Waals surface area contributed by atoms with Crippen molar-refractivity contribution < 1.29 is 4.79 Å². The van der Waals surface area contributed by atoms with Gasteiger partial charge in [-0.15, -0.1) is 0 Å². The Balaban J connectivity index is 2.09. The molecule has 1 fully saturated rings. The van der Waals surface area contributed by atoms with E-state index < -0.39 is 0 Å². The van der Waals surface area contributed by atoms with E-state index in [-0.39, 0.29) is 5.91 Å². The summed E-state index contributed by atoms with van der Waals surface area (Å²) in [5.74, 6) is 0.582. The minimum absolute atomic E-state index is 0.0328. The Morgan fingerprint density at radius 1 is 1.42 bits per heavy atom. The topological polar surface area (TPSA) is 58.4 Å². The van der Waals surface area contributed by atoms with Crippen molar-refractivity contribution in [2.45, 2.75) is 25.3 Å². The van der Waals surface area contributed by atoms with Crippen molar-refractivity contribution in [3.05, 3.63) is 29.8 Å². The van der Waals surface area contributed by atoms with Crippen LogP contribution in [0.1, 0.15) is 29.6 Å². The van der Waals surface area contributed by atoms with Crippen LogP contribution in [-0.2, 0) is 0 Å². The van der Waals surface area contributed by atoms with E-state index in [2.05, 4.69) is 5.32 Å². The monoisotopic (exact) mass is 261 g/mol. The van der Waals surface area contributed by atoms with Crippen molar-refractivity contribution in [1.82, 2.24) is 4.90 Å². The van der Waals surface area contributed by atoms with E-state index in [0.29, 0.717) is 12.0 Å². The van der Waals surface area contributed by atoms with Gasteiger partial charge in [0, 0.05) is 31.4 Å². The van der Waals surface area contributed by atoms with Gasteiger partial charge in [0.2, 0.25) is 0 Å². The highest BCUT2D eigenvalue weighted by atomic mass is 16.2. The van der Waals surface area contributed by atoms with Crippen molar-refractivity contribution >= 4 is 11.6 Å². The fourth-order valence-corrected chi connectivity index (χ4v) is 2.72. The molecule has 0 spiro atoms. The number of benzene rings is 1.